The maximum absolute atomic E-state index is 10.1. The van der Waals surface area contributed by atoms with Crippen LogP contribution in [0.2, 0.25) is 5.02 Å². The third-order valence-corrected chi connectivity index (χ3v) is 3.82. The summed E-state index contributed by atoms with van der Waals surface area (Å²) >= 11 is 5.84. The molecule has 0 fully saturated rings. The van der Waals surface area contributed by atoms with Gasteiger partial charge in [-0.15, -0.1) is 0 Å². The lowest BCUT2D eigenvalue weighted by molar-refractivity contribution is 0.128. The molecule has 1 rings (SSSR count). The molecule has 0 radical (unpaired) electrons. The quantitative estimate of drug-likeness (QED) is 0.812. The third kappa shape index (κ3) is 4.60. The Morgan fingerprint density at radius 3 is 2.33 bits per heavy atom. The molecule has 1 aromatic carbocycles. The van der Waals surface area contributed by atoms with Crippen LogP contribution in [0.5, 0.6) is 0 Å². The van der Waals surface area contributed by atoms with Gasteiger partial charge in [-0.2, -0.15) is 0 Å². The molecule has 2 nitrogen and oxygen atoms in total. The van der Waals surface area contributed by atoms with Crippen molar-refractivity contribution in [3.8, 4) is 0 Å². The molecule has 0 amide bonds. The first-order valence-electron chi connectivity index (χ1n) is 6.76. The molecule has 1 N–H and O–H groups in total. The second-order valence-electron chi connectivity index (χ2n) is 4.74. The summed E-state index contributed by atoms with van der Waals surface area (Å²) in [5, 5.41) is 10.8. The summed E-state index contributed by atoms with van der Waals surface area (Å²) in [6.45, 7) is 8.56. The largest absolute Gasteiger partial charge is 0.388 e. The number of nitrogens with zero attached hydrogens (tertiary/aromatic N) is 1. The van der Waals surface area contributed by atoms with Crippen LogP contribution in [0.25, 0.3) is 0 Å². The van der Waals surface area contributed by atoms with Crippen LogP contribution in [0.15, 0.2) is 24.3 Å². The van der Waals surface area contributed by atoms with Gasteiger partial charge in [0, 0.05) is 17.6 Å². The maximum atomic E-state index is 10.1. The predicted octanol–water partition coefficient (Wildman–Crippen LogP) is 3.88. The van der Waals surface area contributed by atoms with Gasteiger partial charge in [0.15, 0.2) is 0 Å². The van der Waals surface area contributed by atoms with Crippen LogP contribution < -0.4 is 0 Å². The van der Waals surface area contributed by atoms with Gasteiger partial charge in [-0.1, -0.05) is 37.6 Å². The average molecular weight is 270 g/mol. The van der Waals surface area contributed by atoms with E-state index in [-0.39, 0.29) is 0 Å². The monoisotopic (exact) mass is 269 g/mol. The smallest absolute Gasteiger partial charge is 0.0802 e. The third-order valence-electron chi connectivity index (χ3n) is 3.56. The molecule has 0 spiro atoms. The second kappa shape index (κ2) is 7.78. The summed E-state index contributed by atoms with van der Waals surface area (Å²) < 4.78 is 0. The molecule has 3 heteroatoms. The van der Waals surface area contributed by atoms with E-state index >= 15 is 0 Å². The topological polar surface area (TPSA) is 23.5 Å². The van der Waals surface area contributed by atoms with Crippen molar-refractivity contribution in [1.82, 2.24) is 4.90 Å². The molecule has 0 aliphatic rings. The van der Waals surface area contributed by atoms with E-state index in [1.54, 1.807) is 0 Å². The van der Waals surface area contributed by atoms with Gasteiger partial charge in [-0.05, 0) is 44.0 Å². The summed E-state index contributed by atoms with van der Waals surface area (Å²) in [5.74, 6) is 0. The van der Waals surface area contributed by atoms with Crippen molar-refractivity contribution in [2.45, 2.75) is 45.8 Å². The Morgan fingerprint density at radius 2 is 1.83 bits per heavy atom. The number of halogens is 1. The van der Waals surface area contributed by atoms with E-state index in [4.69, 9.17) is 11.6 Å². The highest BCUT2D eigenvalue weighted by atomic mass is 35.5. The first-order chi connectivity index (χ1) is 8.58. The molecule has 2 atom stereocenters. The molecule has 2 unspecified atom stereocenters. The Morgan fingerprint density at radius 1 is 1.22 bits per heavy atom. The van der Waals surface area contributed by atoms with Crippen molar-refractivity contribution in [3.05, 3.63) is 34.9 Å². The van der Waals surface area contributed by atoms with Gasteiger partial charge in [-0.25, -0.2) is 0 Å². The minimum absolute atomic E-state index is 0.402. The fourth-order valence-electron chi connectivity index (χ4n) is 2.09. The Kier molecular flexibility index (Phi) is 6.69. The van der Waals surface area contributed by atoms with Gasteiger partial charge in [-0.3, -0.25) is 0 Å². The van der Waals surface area contributed by atoms with Crippen molar-refractivity contribution in [2.75, 3.05) is 13.1 Å². The van der Waals surface area contributed by atoms with Gasteiger partial charge in [0.2, 0.25) is 0 Å². The second-order valence-corrected chi connectivity index (χ2v) is 5.18. The van der Waals surface area contributed by atoms with E-state index in [1.165, 1.54) is 0 Å². The van der Waals surface area contributed by atoms with Crippen molar-refractivity contribution in [1.29, 1.82) is 0 Å². The van der Waals surface area contributed by atoms with E-state index in [0.717, 1.165) is 31.5 Å². The summed E-state index contributed by atoms with van der Waals surface area (Å²) in [7, 11) is 0. The van der Waals surface area contributed by atoms with Crippen LogP contribution in [0.1, 0.15) is 45.3 Å². The van der Waals surface area contributed by atoms with Crippen LogP contribution in [0, 0.1) is 0 Å². The highest BCUT2D eigenvalue weighted by Gasteiger charge is 2.13. The van der Waals surface area contributed by atoms with E-state index in [1.807, 2.05) is 24.3 Å². The van der Waals surface area contributed by atoms with E-state index in [0.29, 0.717) is 11.1 Å². The Balaban J connectivity index is 2.49. The fraction of sp³-hybridized carbons (Fsp3) is 0.600. The molecule has 1 aromatic rings. The lowest BCUT2D eigenvalue weighted by atomic mass is 10.1. The summed E-state index contributed by atoms with van der Waals surface area (Å²) in [6, 6.07) is 8.02. The molecule has 0 heterocycles. The Bertz CT molecular complexity index is 339. The lowest BCUT2D eigenvalue weighted by Gasteiger charge is -2.27. The Labute approximate surface area is 116 Å². The van der Waals surface area contributed by atoms with Crippen LogP contribution >= 0.6 is 11.6 Å². The maximum Gasteiger partial charge on any atom is 0.0802 e. The zero-order chi connectivity index (χ0) is 13.5. The molecular formula is C15H24ClNO. The lowest BCUT2D eigenvalue weighted by Crippen LogP contribution is -2.33. The van der Waals surface area contributed by atoms with E-state index in [2.05, 4.69) is 25.7 Å². The number of hydrogen-bond acceptors (Lipinski definition) is 2. The molecule has 0 aliphatic heterocycles. The molecule has 0 aromatic heterocycles. The van der Waals surface area contributed by atoms with Gasteiger partial charge < -0.3 is 10.0 Å². The zero-order valence-corrected chi connectivity index (χ0v) is 12.3. The standard InChI is InChI=1S/C15H24ClNO/c1-4-12(3)17(5-2)11-10-15(18)13-6-8-14(16)9-7-13/h6-9,12,15,18H,4-5,10-11H2,1-3H3. The first-order valence-corrected chi connectivity index (χ1v) is 7.13. The minimum Gasteiger partial charge on any atom is -0.388 e. The van der Waals surface area contributed by atoms with Crippen LogP contribution in [-0.2, 0) is 0 Å². The van der Waals surface area contributed by atoms with Gasteiger partial charge in [0.25, 0.3) is 0 Å². The predicted molar refractivity (Wildman–Crippen MR) is 78.0 cm³/mol. The average Bonchev–Trinajstić information content (AvgIpc) is 2.39. The highest BCUT2D eigenvalue weighted by Crippen LogP contribution is 2.20. The first kappa shape index (κ1) is 15.5. The van der Waals surface area contributed by atoms with Crippen molar-refractivity contribution >= 4 is 11.6 Å². The summed E-state index contributed by atoms with van der Waals surface area (Å²) in [5.41, 5.74) is 0.944. The minimum atomic E-state index is -0.402. The molecule has 0 aliphatic carbocycles. The van der Waals surface area contributed by atoms with Crippen LogP contribution in [-0.4, -0.2) is 29.1 Å². The number of hydrogen-bond donors (Lipinski definition) is 1. The molecular weight excluding hydrogens is 246 g/mol. The highest BCUT2D eigenvalue weighted by molar-refractivity contribution is 6.30. The van der Waals surface area contributed by atoms with Crippen LogP contribution in [0.4, 0.5) is 0 Å². The van der Waals surface area contributed by atoms with Crippen molar-refractivity contribution in [2.24, 2.45) is 0 Å². The van der Waals surface area contributed by atoms with Gasteiger partial charge in [0.1, 0.15) is 0 Å². The van der Waals surface area contributed by atoms with E-state index in [9.17, 15) is 5.11 Å². The Hall–Kier alpha value is -0.570. The van der Waals surface area contributed by atoms with Crippen molar-refractivity contribution < 1.29 is 5.11 Å². The fourth-order valence-corrected chi connectivity index (χ4v) is 2.21. The number of aliphatic hydroxyl groups is 1. The van der Waals surface area contributed by atoms with Crippen molar-refractivity contribution in [3.63, 3.8) is 0 Å². The number of benzene rings is 1. The normalized spacial score (nSPS) is 14.8. The molecule has 18 heavy (non-hydrogen) atoms. The number of aliphatic hydroxyl groups excluding tert-OH is 1. The molecule has 0 bridgehead atoms. The van der Waals surface area contributed by atoms with Gasteiger partial charge in [0.05, 0.1) is 6.10 Å². The molecule has 102 valence electrons. The summed E-state index contributed by atoms with van der Waals surface area (Å²) in [4.78, 5) is 2.40. The van der Waals surface area contributed by atoms with Crippen LogP contribution in [0.3, 0.4) is 0 Å². The SMILES string of the molecule is CCC(C)N(CC)CCC(O)c1ccc(Cl)cc1. The molecule has 0 saturated heterocycles. The van der Waals surface area contributed by atoms with Gasteiger partial charge >= 0.3 is 0 Å². The molecule has 0 saturated carbocycles. The zero-order valence-electron chi connectivity index (χ0n) is 11.6. The van der Waals surface area contributed by atoms with E-state index < -0.39 is 6.10 Å². The summed E-state index contributed by atoms with van der Waals surface area (Å²) in [6.07, 6.45) is 1.51. The number of rotatable bonds is 7.